The van der Waals surface area contributed by atoms with Gasteiger partial charge in [-0.15, -0.1) is 0 Å². The quantitative estimate of drug-likeness (QED) is 0.711. The molecule has 1 aromatic rings. The number of pyridine rings is 1. The summed E-state index contributed by atoms with van der Waals surface area (Å²) in [5, 5.41) is 13.1. The molecule has 1 atom stereocenters. The van der Waals surface area contributed by atoms with E-state index in [2.05, 4.69) is 16.4 Å². The van der Waals surface area contributed by atoms with Crippen LogP contribution >= 0.6 is 0 Å². The summed E-state index contributed by atoms with van der Waals surface area (Å²) in [6, 6.07) is 4.02. The second-order valence-electron chi connectivity index (χ2n) is 4.08. The fraction of sp³-hybridized carbons (Fsp3) is 0.545. The van der Waals surface area contributed by atoms with E-state index in [4.69, 9.17) is 0 Å². The van der Waals surface area contributed by atoms with Gasteiger partial charge in [-0.2, -0.15) is 0 Å². The Bertz CT molecular complexity index is 347. The van der Waals surface area contributed by atoms with Gasteiger partial charge in [-0.25, -0.2) is 4.98 Å². The van der Waals surface area contributed by atoms with Crippen molar-refractivity contribution in [3.63, 3.8) is 0 Å². The van der Waals surface area contributed by atoms with Crippen LogP contribution in [0.5, 0.6) is 0 Å². The minimum atomic E-state index is -0.750. The fourth-order valence-corrected chi connectivity index (χ4v) is 2.04. The first-order valence-corrected chi connectivity index (χ1v) is 5.04. The lowest BCUT2D eigenvalue weighted by Crippen LogP contribution is -2.28. The molecule has 3 nitrogen and oxygen atoms in total. The number of nitrogens with zero attached hydrogens (tertiary/aromatic N) is 1. The summed E-state index contributed by atoms with van der Waals surface area (Å²) in [5.41, 5.74) is 1.27. The molecule has 3 heteroatoms. The molecule has 0 aromatic carbocycles. The van der Waals surface area contributed by atoms with E-state index in [1.165, 1.54) is 5.56 Å². The maximum atomic E-state index is 10.2. The Kier molecular flexibility index (Phi) is 2.19. The number of aliphatic hydroxyl groups is 1. The van der Waals surface area contributed by atoms with Crippen molar-refractivity contribution in [3.8, 4) is 0 Å². The molecule has 76 valence electrons. The summed E-state index contributed by atoms with van der Waals surface area (Å²) in [6.07, 6.45) is 2.88. The second kappa shape index (κ2) is 3.24. The van der Waals surface area contributed by atoms with E-state index in [1.54, 1.807) is 0 Å². The molecule has 0 spiro atoms. The van der Waals surface area contributed by atoms with Crippen LogP contribution in [0, 0.1) is 0 Å². The molecule has 0 amide bonds. The third-order valence-electron chi connectivity index (χ3n) is 2.85. The van der Waals surface area contributed by atoms with Gasteiger partial charge >= 0.3 is 0 Å². The second-order valence-corrected chi connectivity index (χ2v) is 4.08. The van der Waals surface area contributed by atoms with E-state index in [-0.39, 0.29) is 0 Å². The normalized spacial score (nSPS) is 25.6. The molecule has 2 N–H and O–H groups in total. The highest BCUT2D eigenvalue weighted by molar-refractivity contribution is 5.40. The highest BCUT2D eigenvalue weighted by Gasteiger charge is 2.31. The Morgan fingerprint density at radius 2 is 2.29 bits per heavy atom. The molecule has 2 rings (SSSR count). The molecule has 14 heavy (non-hydrogen) atoms. The van der Waals surface area contributed by atoms with Gasteiger partial charge in [-0.1, -0.05) is 6.07 Å². The van der Waals surface area contributed by atoms with Crippen molar-refractivity contribution >= 4 is 5.82 Å². The maximum absolute atomic E-state index is 10.2. The summed E-state index contributed by atoms with van der Waals surface area (Å²) < 4.78 is 0. The van der Waals surface area contributed by atoms with Gasteiger partial charge in [0.25, 0.3) is 0 Å². The SMILES string of the molecule is CNc1ccc2c(n1)[C@@](C)(O)CCC2. The van der Waals surface area contributed by atoms with Crippen molar-refractivity contribution in [3.05, 3.63) is 23.4 Å². The number of aromatic nitrogens is 1. The van der Waals surface area contributed by atoms with E-state index < -0.39 is 5.60 Å². The Hall–Kier alpha value is -1.09. The summed E-state index contributed by atoms with van der Waals surface area (Å²) >= 11 is 0. The van der Waals surface area contributed by atoms with E-state index in [0.29, 0.717) is 0 Å². The third-order valence-corrected chi connectivity index (χ3v) is 2.85. The minimum Gasteiger partial charge on any atom is -0.384 e. The Balaban J connectivity index is 2.49. The predicted octanol–water partition coefficient (Wildman–Crippen LogP) is 1.67. The molecule has 0 aliphatic heterocycles. The van der Waals surface area contributed by atoms with E-state index in [9.17, 15) is 5.11 Å². The third kappa shape index (κ3) is 1.48. The number of nitrogens with one attached hydrogen (secondary N) is 1. The minimum absolute atomic E-state index is 0.750. The van der Waals surface area contributed by atoms with Gasteiger partial charge in [-0.05, 0) is 37.8 Å². The van der Waals surface area contributed by atoms with Crippen LogP contribution in [0.15, 0.2) is 12.1 Å². The Morgan fingerprint density at radius 3 is 3.00 bits per heavy atom. The van der Waals surface area contributed by atoms with Gasteiger partial charge in [0.1, 0.15) is 11.4 Å². The first-order chi connectivity index (χ1) is 6.63. The highest BCUT2D eigenvalue weighted by atomic mass is 16.3. The van der Waals surface area contributed by atoms with Gasteiger partial charge in [-0.3, -0.25) is 0 Å². The van der Waals surface area contributed by atoms with Gasteiger partial charge < -0.3 is 10.4 Å². The molecule has 1 aromatic heterocycles. The van der Waals surface area contributed by atoms with Crippen LogP contribution < -0.4 is 5.32 Å². The first-order valence-electron chi connectivity index (χ1n) is 5.04. The molecule has 0 unspecified atom stereocenters. The topological polar surface area (TPSA) is 45.2 Å². The standard InChI is InChI=1S/C11H16N2O/c1-11(14)7-3-4-8-5-6-9(12-2)13-10(8)11/h5-6,14H,3-4,7H2,1-2H3,(H,12,13)/t11-/m0/s1. The number of aryl methyl sites for hydroxylation is 1. The maximum Gasteiger partial charge on any atom is 0.126 e. The van der Waals surface area contributed by atoms with Crippen LogP contribution in [0.4, 0.5) is 5.82 Å². The van der Waals surface area contributed by atoms with Crippen molar-refractivity contribution < 1.29 is 5.11 Å². The van der Waals surface area contributed by atoms with Crippen LogP contribution in [-0.2, 0) is 12.0 Å². The Morgan fingerprint density at radius 1 is 1.50 bits per heavy atom. The lowest BCUT2D eigenvalue weighted by atomic mass is 9.84. The van der Waals surface area contributed by atoms with Gasteiger partial charge in [0.05, 0.1) is 5.69 Å². The van der Waals surface area contributed by atoms with Crippen LogP contribution in [-0.4, -0.2) is 17.1 Å². The molecule has 0 saturated carbocycles. The van der Waals surface area contributed by atoms with Crippen molar-refractivity contribution in [2.24, 2.45) is 0 Å². The summed E-state index contributed by atoms with van der Waals surface area (Å²) in [6.45, 7) is 1.84. The van der Waals surface area contributed by atoms with E-state index in [1.807, 2.05) is 20.0 Å². The molecule has 0 fully saturated rings. The van der Waals surface area contributed by atoms with E-state index >= 15 is 0 Å². The molecular weight excluding hydrogens is 176 g/mol. The number of fused-ring (bicyclic) bond motifs is 1. The number of hydrogen-bond donors (Lipinski definition) is 2. The van der Waals surface area contributed by atoms with Crippen LogP contribution in [0.3, 0.4) is 0 Å². The van der Waals surface area contributed by atoms with Gasteiger partial charge in [0.2, 0.25) is 0 Å². The molecular formula is C11H16N2O. The molecule has 0 radical (unpaired) electrons. The lowest BCUT2D eigenvalue weighted by molar-refractivity contribution is 0.0341. The van der Waals surface area contributed by atoms with Crippen LogP contribution in [0.1, 0.15) is 31.0 Å². The van der Waals surface area contributed by atoms with Crippen molar-refractivity contribution in [2.45, 2.75) is 31.8 Å². The molecule has 1 aliphatic rings. The zero-order chi connectivity index (χ0) is 10.2. The highest BCUT2D eigenvalue weighted by Crippen LogP contribution is 2.33. The lowest BCUT2D eigenvalue weighted by Gasteiger charge is -2.30. The summed E-state index contributed by atoms with van der Waals surface area (Å²) in [7, 11) is 1.84. The number of hydrogen-bond acceptors (Lipinski definition) is 3. The van der Waals surface area contributed by atoms with E-state index in [0.717, 1.165) is 30.8 Å². The summed E-state index contributed by atoms with van der Waals surface area (Å²) in [4.78, 5) is 4.42. The van der Waals surface area contributed by atoms with Crippen molar-refractivity contribution in [1.82, 2.24) is 4.98 Å². The van der Waals surface area contributed by atoms with Crippen LogP contribution in [0.2, 0.25) is 0 Å². The largest absolute Gasteiger partial charge is 0.384 e. The first kappa shape index (κ1) is 9.46. The number of rotatable bonds is 1. The zero-order valence-corrected chi connectivity index (χ0v) is 8.67. The van der Waals surface area contributed by atoms with Crippen LogP contribution in [0.25, 0.3) is 0 Å². The Labute approximate surface area is 84.2 Å². The molecule has 0 bridgehead atoms. The van der Waals surface area contributed by atoms with Crippen molar-refractivity contribution in [2.75, 3.05) is 12.4 Å². The monoisotopic (exact) mass is 192 g/mol. The smallest absolute Gasteiger partial charge is 0.126 e. The molecule has 1 aliphatic carbocycles. The molecule has 0 saturated heterocycles. The predicted molar refractivity (Wildman–Crippen MR) is 56.3 cm³/mol. The zero-order valence-electron chi connectivity index (χ0n) is 8.67. The average Bonchev–Trinajstić information content (AvgIpc) is 2.17. The van der Waals surface area contributed by atoms with Gasteiger partial charge in [0.15, 0.2) is 0 Å². The van der Waals surface area contributed by atoms with Gasteiger partial charge in [0, 0.05) is 7.05 Å². The average molecular weight is 192 g/mol. The fourth-order valence-electron chi connectivity index (χ4n) is 2.04. The number of anilines is 1. The molecule has 1 heterocycles. The summed E-state index contributed by atoms with van der Waals surface area (Å²) in [5.74, 6) is 0.825. The van der Waals surface area contributed by atoms with Crippen molar-refractivity contribution in [1.29, 1.82) is 0 Å².